The smallest absolute Gasteiger partial charge is 0.414 e. The Morgan fingerprint density at radius 3 is 2.42 bits per heavy atom. The molecule has 4 rings (SSSR count). The minimum absolute atomic E-state index is 0.136. The molecule has 0 bridgehead atoms. The summed E-state index contributed by atoms with van der Waals surface area (Å²) in [6.45, 7) is 0.490. The van der Waals surface area contributed by atoms with Gasteiger partial charge in [-0.1, -0.05) is 22.0 Å². The predicted molar refractivity (Wildman–Crippen MR) is 121 cm³/mol. The maximum Gasteiger partial charge on any atom is 0.414 e. The van der Waals surface area contributed by atoms with E-state index in [1.54, 1.807) is 54.7 Å². The molecule has 1 aromatic heterocycles. The molecule has 0 unspecified atom stereocenters. The molecule has 9 heteroatoms. The van der Waals surface area contributed by atoms with Gasteiger partial charge in [0.15, 0.2) is 0 Å². The summed E-state index contributed by atoms with van der Waals surface area (Å²) in [6, 6.07) is 18.8. The zero-order valence-electron chi connectivity index (χ0n) is 16.3. The van der Waals surface area contributed by atoms with E-state index in [1.807, 2.05) is 12.1 Å². The van der Waals surface area contributed by atoms with Gasteiger partial charge < -0.3 is 15.4 Å². The van der Waals surface area contributed by atoms with Crippen molar-refractivity contribution in [2.45, 2.75) is 6.10 Å². The molecule has 2 N–H and O–H groups in total. The number of carbonyl (C=O) groups excluding carboxylic acids is 2. The van der Waals surface area contributed by atoms with Crippen LogP contribution in [0.5, 0.6) is 0 Å². The number of ether oxygens (including phenoxy) is 1. The fourth-order valence-corrected chi connectivity index (χ4v) is 3.45. The zero-order chi connectivity index (χ0) is 21.8. The van der Waals surface area contributed by atoms with E-state index in [1.165, 1.54) is 15.5 Å². The first-order valence-corrected chi connectivity index (χ1v) is 10.4. The highest BCUT2D eigenvalue weighted by Gasteiger charge is 2.32. The lowest BCUT2D eigenvalue weighted by atomic mass is 10.2. The topological polar surface area (TPSA) is 92.7 Å². The number of aromatic nitrogens is 1. The van der Waals surface area contributed by atoms with Gasteiger partial charge in [-0.05, 0) is 54.6 Å². The Kier molecular flexibility index (Phi) is 6.03. The molecule has 2 aromatic carbocycles. The Morgan fingerprint density at radius 2 is 1.71 bits per heavy atom. The van der Waals surface area contributed by atoms with Crippen molar-refractivity contribution < 1.29 is 14.3 Å². The van der Waals surface area contributed by atoms with Gasteiger partial charge in [0.2, 0.25) is 0 Å². The van der Waals surface area contributed by atoms with Gasteiger partial charge in [-0.25, -0.2) is 9.59 Å². The van der Waals surface area contributed by atoms with Crippen LogP contribution in [0.25, 0.3) is 5.69 Å². The van der Waals surface area contributed by atoms with Crippen LogP contribution in [0.1, 0.15) is 0 Å². The van der Waals surface area contributed by atoms with Crippen molar-refractivity contribution in [1.82, 2.24) is 9.88 Å². The third-order valence-corrected chi connectivity index (χ3v) is 5.26. The SMILES string of the molecule is O=C(NC[C@H]1CN(c2ccc(-n3ccccc3=O)cc2)C(=O)O1)Nc1ccc(Br)cc1. The van der Waals surface area contributed by atoms with Crippen LogP contribution in [-0.2, 0) is 4.74 Å². The van der Waals surface area contributed by atoms with Crippen LogP contribution in [0.4, 0.5) is 21.0 Å². The summed E-state index contributed by atoms with van der Waals surface area (Å²) in [5.74, 6) is 0. The quantitative estimate of drug-likeness (QED) is 0.579. The van der Waals surface area contributed by atoms with E-state index < -0.39 is 12.2 Å². The van der Waals surface area contributed by atoms with Gasteiger partial charge in [0.25, 0.3) is 5.56 Å². The molecule has 2 heterocycles. The number of nitrogens with zero attached hydrogens (tertiary/aromatic N) is 2. The molecule has 0 saturated carbocycles. The molecule has 1 saturated heterocycles. The van der Waals surface area contributed by atoms with Crippen LogP contribution in [-0.4, -0.2) is 35.9 Å². The lowest BCUT2D eigenvalue weighted by Crippen LogP contribution is -2.37. The van der Waals surface area contributed by atoms with Gasteiger partial charge in [0, 0.05) is 33.8 Å². The molecular formula is C22H19BrN4O4. The first-order chi connectivity index (χ1) is 15.0. The number of rotatable bonds is 5. The van der Waals surface area contributed by atoms with E-state index in [9.17, 15) is 14.4 Å². The molecule has 31 heavy (non-hydrogen) atoms. The van der Waals surface area contributed by atoms with Crippen LogP contribution in [0.15, 0.2) is 82.2 Å². The lowest BCUT2D eigenvalue weighted by Gasteiger charge is -2.14. The summed E-state index contributed by atoms with van der Waals surface area (Å²) in [7, 11) is 0. The van der Waals surface area contributed by atoms with Gasteiger partial charge >= 0.3 is 12.1 Å². The Balaban J connectivity index is 1.34. The number of carbonyl (C=O) groups is 2. The summed E-state index contributed by atoms with van der Waals surface area (Å²) in [5, 5.41) is 5.43. The van der Waals surface area contributed by atoms with Crippen molar-refractivity contribution in [2.75, 3.05) is 23.3 Å². The number of cyclic esters (lactones) is 1. The van der Waals surface area contributed by atoms with Crippen LogP contribution < -0.4 is 21.1 Å². The van der Waals surface area contributed by atoms with Gasteiger partial charge in [0.1, 0.15) is 6.10 Å². The number of nitrogens with one attached hydrogen (secondary N) is 2. The minimum Gasteiger partial charge on any atom is -0.442 e. The second-order valence-corrected chi connectivity index (χ2v) is 7.80. The molecule has 0 radical (unpaired) electrons. The highest BCUT2D eigenvalue weighted by atomic mass is 79.9. The van der Waals surface area contributed by atoms with Crippen molar-refractivity contribution >= 4 is 39.4 Å². The van der Waals surface area contributed by atoms with Crippen molar-refractivity contribution in [3.8, 4) is 5.69 Å². The van der Waals surface area contributed by atoms with Crippen LogP contribution >= 0.6 is 15.9 Å². The molecule has 3 aromatic rings. The standard InChI is InChI=1S/C22H19BrN4O4/c23-15-4-6-16(7-5-15)25-21(29)24-13-19-14-27(22(30)31-19)18-10-8-17(9-11-18)26-12-2-1-3-20(26)28/h1-12,19H,13-14H2,(H2,24,25,29)/t19-/m0/s1. The number of amides is 3. The molecule has 1 fully saturated rings. The van der Waals surface area contributed by atoms with Crippen LogP contribution in [0.3, 0.4) is 0 Å². The molecule has 1 atom stereocenters. The Morgan fingerprint density at radius 1 is 1.00 bits per heavy atom. The zero-order valence-corrected chi connectivity index (χ0v) is 17.9. The van der Waals surface area contributed by atoms with Crippen LogP contribution in [0, 0.1) is 0 Å². The minimum atomic E-state index is -0.482. The number of hydrogen-bond acceptors (Lipinski definition) is 4. The van der Waals surface area contributed by atoms with Gasteiger partial charge in [-0.15, -0.1) is 0 Å². The van der Waals surface area contributed by atoms with Crippen molar-refractivity contribution in [3.63, 3.8) is 0 Å². The van der Waals surface area contributed by atoms with Crippen LogP contribution in [0.2, 0.25) is 0 Å². The first kappa shape index (κ1) is 20.7. The molecule has 0 spiro atoms. The van der Waals surface area contributed by atoms with Gasteiger partial charge in [-0.3, -0.25) is 14.3 Å². The van der Waals surface area contributed by atoms with E-state index in [4.69, 9.17) is 4.74 Å². The van der Waals surface area contributed by atoms with E-state index in [2.05, 4.69) is 26.6 Å². The van der Waals surface area contributed by atoms with E-state index >= 15 is 0 Å². The molecule has 1 aliphatic heterocycles. The molecule has 0 aliphatic carbocycles. The molecule has 3 amide bonds. The highest BCUT2D eigenvalue weighted by Crippen LogP contribution is 2.22. The Labute approximate surface area is 186 Å². The molecule has 158 valence electrons. The van der Waals surface area contributed by atoms with E-state index in [-0.39, 0.29) is 18.1 Å². The Bertz CT molecular complexity index is 1150. The second-order valence-electron chi connectivity index (χ2n) is 6.88. The number of hydrogen-bond donors (Lipinski definition) is 2. The van der Waals surface area contributed by atoms with E-state index in [0.717, 1.165) is 4.47 Å². The third-order valence-electron chi connectivity index (χ3n) is 4.73. The van der Waals surface area contributed by atoms with E-state index in [0.29, 0.717) is 23.6 Å². The Hall–Kier alpha value is -3.59. The first-order valence-electron chi connectivity index (χ1n) is 9.56. The maximum atomic E-state index is 12.3. The molecule has 1 aliphatic rings. The monoisotopic (exact) mass is 482 g/mol. The number of benzene rings is 2. The van der Waals surface area contributed by atoms with Gasteiger partial charge in [-0.2, -0.15) is 0 Å². The second kappa shape index (κ2) is 9.05. The summed E-state index contributed by atoms with van der Waals surface area (Å²) >= 11 is 3.34. The van der Waals surface area contributed by atoms with Gasteiger partial charge in [0.05, 0.1) is 13.1 Å². The summed E-state index contributed by atoms with van der Waals surface area (Å²) in [6.07, 6.45) is 0.729. The highest BCUT2D eigenvalue weighted by molar-refractivity contribution is 9.10. The van der Waals surface area contributed by atoms with Crippen molar-refractivity contribution in [3.05, 3.63) is 87.8 Å². The molecular weight excluding hydrogens is 464 g/mol. The number of pyridine rings is 1. The number of urea groups is 1. The summed E-state index contributed by atoms with van der Waals surface area (Å²) in [4.78, 5) is 37.8. The maximum absolute atomic E-state index is 12.3. The fourth-order valence-electron chi connectivity index (χ4n) is 3.19. The van der Waals surface area contributed by atoms with Crippen molar-refractivity contribution in [1.29, 1.82) is 0 Å². The average Bonchev–Trinajstić information content (AvgIpc) is 3.15. The third kappa shape index (κ3) is 4.95. The van der Waals surface area contributed by atoms with Crippen molar-refractivity contribution in [2.24, 2.45) is 0 Å². The fraction of sp³-hybridized carbons (Fsp3) is 0.136. The number of halogens is 1. The summed E-state index contributed by atoms with van der Waals surface area (Å²) in [5.41, 5.74) is 1.87. The average molecular weight is 483 g/mol. The lowest BCUT2D eigenvalue weighted by molar-refractivity contribution is 0.141. The summed E-state index contributed by atoms with van der Waals surface area (Å²) < 4.78 is 7.80. The normalized spacial score (nSPS) is 15.5. The molecule has 8 nitrogen and oxygen atoms in total. The largest absolute Gasteiger partial charge is 0.442 e. The predicted octanol–water partition coefficient (Wildman–Crippen LogP) is 3.75. The number of anilines is 2.